The van der Waals surface area contributed by atoms with Crippen molar-refractivity contribution in [1.29, 1.82) is 0 Å². The standard InChI is InChI=1S/C12H14N4O/c13-8-4-1-2-6-10(8)16-17-11-7-3-5-9(14)12(11)15/h1-7,16H,13-15H2. The molecule has 0 saturated heterocycles. The zero-order valence-corrected chi connectivity index (χ0v) is 9.18. The molecule has 2 rings (SSSR count). The molecular weight excluding hydrogens is 216 g/mol. The molecule has 0 spiro atoms. The molecule has 0 aliphatic heterocycles. The lowest BCUT2D eigenvalue weighted by atomic mass is 10.2. The van der Waals surface area contributed by atoms with Gasteiger partial charge in [-0.25, -0.2) is 5.48 Å². The van der Waals surface area contributed by atoms with E-state index >= 15 is 0 Å². The quantitative estimate of drug-likeness (QED) is 0.476. The fourth-order valence-corrected chi connectivity index (χ4v) is 1.35. The van der Waals surface area contributed by atoms with Gasteiger partial charge in [0.15, 0.2) is 5.75 Å². The fourth-order valence-electron chi connectivity index (χ4n) is 1.35. The third kappa shape index (κ3) is 2.34. The predicted molar refractivity (Wildman–Crippen MR) is 70.4 cm³/mol. The lowest BCUT2D eigenvalue weighted by Gasteiger charge is -2.12. The predicted octanol–water partition coefficient (Wildman–Crippen LogP) is 1.84. The SMILES string of the molecule is Nc1ccccc1NOc1cccc(N)c1N. The molecular formula is C12H14N4O. The second-order valence-corrected chi connectivity index (χ2v) is 3.55. The van der Waals surface area contributed by atoms with Gasteiger partial charge in [0.25, 0.3) is 0 Å². The van der Waals surface area contributed by atoms with Gasteiger partial charge in [-0.1, -0.05) is 18.2 Å². The van der Waals surface area contributed by atoms with Crippen LogP contribution in [0, 0.1) is 0 Å². The Bertz CT molecular complexity index is 528. The summed E-state index contributed by atoms with van der Waals surface area (Å²) in [6.45, 7) is 0. The lowest BCUT2D eigenvalue weighted by molar-refractivity contribution is 0.408. The molecule has 7 N–H and O–H groups in total. The number of hydrogen-bond acceptors (Lipinski definition) is 5. The Kier molecular flexibility index (Phi) is 2.91. The molecule has 0 bridgehead atoms. The van der Waals surface area contributed by atoms with E-state index in [9.17, 15) is 0 Å². The minimum absolute atomic E-state index is 0.398. The molecule has 5 nitrogen and oxygen atoms in total. The molecule has 5 heteroatoms. The molecule has 0 aromatic heterocycles. The summed E-state index contributed by atoms with van der Waals surface area (Å²) in [7, 11) is 0. The second-order valence-electron chi connectivity index (χ2n) is 3.55. The van der Waals surface area contributed by atoms with E-state index in [1.165, 1.54) is 0 Å². The first kappa shape index (κ1) is 10.9. The van der Waals surface area contributed by atoms with Crippen molar-refractivity contribution in [3.63, 3.8) is 0 Å². The number of hydrogen-bond donors (Lipinski definition) is 4. The normalized spacial score (nSPS) is 9.88. The van der Waals surface area contributed by atoms with Crippen LogP contribution in [0.25, 0.3) is 0 Å². The van der Waals surface area contributed by atoms with Crippen molar-refractivity contribution in [3.05, 3.63) is 42.5 Å². The Balaban J connectivity index is 2.13. The van der Waals surface area contributed by atoms with Gasteiger partial charge in [-0.3, -0.25) is 0 Å². The topological polar surface area (TPSA) is 99.3 Å². The highest BCUT2D eigenvalue weighted by Gasteiger charge is 2.04. The second kappa shape index (κ2) is 4.52. The first-order valence-corrected chi connectivity index (χ1v) is 5.10. The van der Waals surface area contributed by atoms with Gasteiger partial charge in [-0.05, 0) is 24.3 Å². The van der Waals surface area contributed by atoms with Crippen LogP contribution in [0.5, 0.6) is 5.75 Å². The number of benzene rings is 2. The van der Waals surface area contributed by atoms with Gasteiger partial charge in [0.1, 0.15) is 5.69 Å². The first-order chi connectivity index (χ1) is 8.18. The van der Waals surface area contributed by atoms with Gasteiger partial charge >= 0.3 is 0 Å². The van der Waals surface area contributed by atoms with Crippen molar-refractivity contribution in [3.8, 4) is 5.75 Å². The Morgan fingerprint density at radius 2 is 1.53 bits per heavy atom. The molecule has 0 fully saturated rings. The highest BCUT2D eigenvalue weighted by molar-refractivity contribution is 5.71. The summed E-state index contributed by atoms with van der Waals surface area (Å²) in [5.41, 5.74) is 22.1. The molecule has 2 aromatic carbocycles. The lowest BCUT2D eigenvalue weighted by Crippen LogP contribution is -2.09. The van der Waals surface area contributed by atoms with Crippen LogP contribution in [-0.2, 0) is 0 Å². The monoisotopic (exact) mass is 230 g/mol. The van der Waals surface area contributed by atoms with Crippen molar-refractivity contribution in [2.75, 3.05) is 22.7 Å². The van der Waals surface area contributed by atoms with Crippen molar-refractivity contribution in [2.24, 2.45) is 0 Å². The van der Waals surface area contributed by atoms with Crippen molar-refractivity contribution >= 4 is 22.7 Å². The van der Waals surface area contributed by atoms with E-state index in [0.29, 0.717) is 28.5 Å². The van der Waals surface area contributed by atoms with Crippen LogP contribution < -0.4 is 27.5 Å². The van der Waals surface area contributed by atoms with Crippen LogP contribution in [-0.4, -0.2) is 0 Å². The molecule has 0 heterocycles. The fraction of sp³-hybridized carbons (Fsp3) is 0. The highest BCUT2D eigenvalue weighted by Crippen LogP contribution is 2.27. The van der Waals surface area contributed by atoms with E-state index in [0.717, 1.165) is 0 Å². The van der Waals surface area contributed by atoms with E-state index in [1.54, 1.807) is 30.3 Å². The molecule has 0 radical (unpaired) electrons. The number of rotatable bonds is 3. The van der Waals surface area contributed by atoms with Gasteiger partial charge in [0.2, 0.25) is 0 Å². The number of nitrogens with two attached hydrogens (primary N) is 3. The van der Waals surface area contributed by atoms with Crippen molar-refractivity contribution < 1.29 is 4.84 Å². The summed E-state index contributed by atoms with van der Waals surface area (Å²) >= 11 is 0. The Labute approximate surface area is 99.1 Å². The Hall–Kier alpha value is -2.56. The molecule has 0 aliphatic rings. The maximum Gasteiger partial charge on any atom is 0.179 e. The maximum atomic E-state index is 5.76. The summed E-state index contributed by atoms with van der Waals surface area (Å²) in [5, 5.41) is 0. The number of nitrogen functional groups attached to an aromatic ring is 3. The average molecular weight is 230 g/mol. The molecule has 0 unspecified atom stereocenters. The average Bonchev–Trinajstić information content (AvgIpc) is 2.33. The largest absolute Gasteiger partial charge is 0.397 e. The molecule has 17 heavy (non-hydrogen) atoms. The van der Waals surface area contributed by atoms with Crippen LogP contribution in [0.2, 0.25) is 0 Å². The minimum atomic E-state index is 0.398. The molecule has 0 aliphatic carbocycles. The van der Waals surface area contributed by atoms with Crippen LogP contribution in [0.4, 0.5) is 22.7 Å². The zero-order chi connectivity index (χ0) is 12.3. The van der Waals surface area contributed by atoms with Gasteiger partial charge in [-0.15, -0.1) is 0 Å². The van der Waals surface area contributed by atoms with E-state index in [1.807, 2.05) is 12.1 Å². The van der Waals surface area contributed by atoms with Gasteiger partial charge in [-0.2, -0.15) is 0 Å². The summed E-state index contributed by atoms with van der Waals surface area (Å²) in [6.07, 6.45) is 0. The van der Waals surface area contributed by atoms with E-state index in [-0.39, 0.29) is 0 Å². The molecule has 88 valence electrons. The number of para-hydroxylation sites is 3. The van der Waals surface area contributed by atoms with Crippen LogP contribution in [0.3, 0.4) is 0 Å². The first-order valence-electron chi connectivity index (χ1n) is 5.10. The molecule has 0 atom stereocenters. The Morgan fingerprint density at radius 3 is 2.29 bits per heavy atom. The summed E-state index contributed by atoms with van der Waals surface area (Å²) in [4.78, 5) is 5.35. The zero-order valence-electron chi connectivity index (χ0n) is 9.18. The number of nitrogens with one attached hydrogen (secondary N) is 1. The smallest absolute Gasteiger partial charge is 0.179 e. The van der Waals surface area contributed by atoms with E-state index < -0.39 is 0 Å². The van der Waals surface area contributed by atoms with Gasteiger partial charge in [0.05, 0.1) is 17.1 Å². The Morgan fingerprint density at radius 1 is 0.824 bits per heavy atom. The molecule has 0 amide bonds. The summed E-state index contributed by atoms with van der Waals surface area (Å²) in [6, 6.07) is 12.5. The summed E-state index contributed by atoms with van der Waals surface area (Å²) in [5.74, 6) is 0.466. The van der Waals surface area contributed by atoms with Crippen molar-refractivity contribution in [2.45, 2.75) is 0 Å². The molecule has 0 saturated carbocycles. The van der Waals surface area contributed by atoms with Crippen LogP contribution in [0.15, 0.2) is 42.5 Å². The minimum Gasteiger partial charge on any atom is -0.397 e. The third-order valence-electron chi connectivity index (χ3n) is 2.33. The van der Waals surface area contributed by atoms with E-state index in [4.69, 9.17) is 22.0 Å². The maximum absolute atomic E-state index is 5.76. The van der Waals surface area contributed by atoms with Crippen LogP contribution in [0.1, 0.15) is 0 Å². The summed E-state index contributed by atoms with van der Waals surface area (Å²) < 4.78 is 0. The number of anilines is 4. The van der Waals surface area contributed by atoms with E-state index in [2.05, 4.69) is 5.48 Å². The molecule has 2 aromatic rings. The third-order valence-corrected chi connectivity index (χ3v) is 2.33. The van der Waals surface area contributed by atoms with Gasteiger partial charge < -0.3 is 22.0 Å². The van der Waals surface area contributed by atoms with Gasteiger partial charge in [0, 0.05) is 0 Å². The van der Waals surface area contributed by atoms with Crippen LogP contribution >= 0.6 is 0 Å². The highest BCUT2D eigenvalue weighted by atomic mass is 16.6. The van der Waals surface area contributed by atoms with Crippen molar-refractivity contribution in [1.82, 2.24) is 0 Å².